The Kier molecular flexibility index (Phi) is 9.78. The van der Waals surface area contributed by atoms with Gasteiger partial charge in [-0.25, -0.2) is 4.79 Å². The number of rotatable bonds is 10. The highest BCUT2D eigenvalue weighted by atomic mass is 32.2. The van der Waals surface area contributed by atoms with Gasteiger partial charge < -0.3 is 19.4 Å². The third-order valence-corrected chi connectivity index (χ3v) is 8.77. The quantitative estimate of drug-likeness (QED) is 0.147. The van der Waals surface area contributed by atoms with Gasteiger partial charge in [-0.3, -0.25) is 4.79 Å². The number of carbonyl (C=O) groups excluding carboxylic acids is 2. The van der Waals surface area contributed by atoms with Crippen molar-refractivity contribution >= 4 is 40.0 Å². The monoisotopic (exact) mass is 606 g/mol. The van der Waals surface area contributed by atoms with Crippen molar-refractivity contribution < 1.29 is 19.1 Å². The van der Waals surface area contributed by atoms with Gasteiger partial charge in [0.15, 0.2) is 17.1 Å². The Morgan fingerprint density at radius 2 is 1.79 bits per heavy atom. The Labute approximate surface area is 255 Å². The number of methoxy groups -OCH3 is 1. The molecule has 1 unspecified atom stereocenters. The number of aryl methyl sites for hydroxylation is 2. The third-order valence-electron chi connectivity index (χ3n) is 6.91. The number of nitrogens with one attached hydrogen (secondary N) is 1. The lowest BCUT2D eigenvalue weighted by Crippen LogP contribution is -2.17. The van der Waals surface area contributed by atoms with Crippen LogP contribution >= 0.6 is 23.1 Å². The van der Waals surface area contributed by atoms with E-state index in [9.17, 15) is 9.59 Å². The molecule has 0 fully saturated rings. The molecular formula is C32H38N4O4S2. The largest absolute Gasteiger partial charge is 0.483 e. The number of thioether (sulfide) groups is 1. The van der Waals surface area contributed by atoms with Crippen molar-refractivity contribution in [2.24, 2.45) is 0 Å². The van der Waals surface area contributed by atoms with Gasteiger partial charge in [-0.1, -0.05) is 68.4 Å². The maximum atomic E-state index is 13.0. The molecule has 4 aromatic rings. The summed E-state index contributed by atoms with van der Waals surface area (Å²) in [5.41, 5.74) is 5.45. The lowest BCUT2D eigenvalue weighted by atomic mass is 9.87. The van der Waals surface area contributed by atoms with Crippen LogP contribution in [0, 0.1) is 13.8 Å². The number of hydrogen-bond acceptors (Lipinski definition) is 8. The zero-order chi connectivity index (χ0) is 30.6. The summed E-state index contributed by atoms with van der Waals surface area (Å²) in [6.45, 7) is 15.1. The van der Waals surface area contributed by atoms with Gasteiger partial charge in [0.05, 0.1) is 12.9 Å². The van der Waals surface area contributed by atoms with Crippen LogP contribution in [0.3, 0.4) is 0 Å². The van der Waals surface area contributed by atoms with Gasteiger partial charge >= 0.3 is 5.97 Å². The highest BCUT2D eigenvalue weighted by Crippen LogP contribution is 2.38. The number of ether oxygens (including phenoxy) is 2. The average Bonchev–Trinajstić information content (AvgIpc) is 3.56. The van der Waals surface area contributed by atoms with Crippen LogP contribution in [0.15, 0.2) is 53.0 Å². The van der Waals surface area contributed by atoms with Crippen molar-refractivity contribution in [2.45, 2.75) is 71.7 Å². The number of thiophene rings is 1. The molecule has 2 aromatic carbocycles. The first-order chi connectivity index (χ1) is 19.9. The molecular weight excluding hydrogens is 569 g/mol. The molecule has 0 radical (unpaired) electrons. The molecule has 2 aromatic heterocycles. The zero-order valence-corrected chi connectivity index (χ0v) is 27.0. The Morgan fingerprint density at radius 1 is 1.07 bits per heavy atom. The van der Waals surface area contributed by atoms with E-state index in [1.807, 2.05) is 68.0 Å². The third kappa shape index (κ3) is 7.04. The summed E-state index contributed by atoms with van der Waals surface area (Å²) in [5, 5.41) is 14.6. The first-order valence-electron chi connectivity index (χ1n) is 13.8. The van der Waals surface area contributed by atoms with Crippen LogP contribution < -0.4 is 10.1 Å². The second-order valence-electron chi connectivity index (χ2n) is 11.1. The molecule has 42 heavy (non-hydrogen) atoms. The van der Waals surface area contributed by atoms with E-state index in [4.69, 9.17) is 9.47 Å². The van der Waals surface area contributed by atoms with E-state index in [0.717, 1.165) is 28.0 Å². The Morgan fingerprint density at radius 3 is 2.43 bits per heavy atom. The number of aromatic nitrogens is 3. The maximum Gasteiger partial charge on any atom is 0.341 e. The molecule has 1 amide bonds. The summed E-state index contributed by atoms with van der Waals surface area (Å²) in [4.78, 5) is 25.8. The van der Waals surface area contributed by atoms with E-state index < -0.39 is 5.97 Å². The SMILES string of the molecule is CCn1c(SCC(=O)Nc2scc(-c3cc(C)ccc3C)c2C(=O)OC)nnc1C(C)Oc1ccc(C(C)(C)C)cc1. The van der Waals surface area contributed by atoms with Crippen molar-refractivity contribution in [1.82, 2.24) is 14.8 Å². The topological polar surface area (TPSA) is 95.3 Å². The summed E-state index contributed by atoms with van der Waals surface area (Å²) in [5.74, 6) is 0.790. The van der Waals surface area contributed by atoms with Crippen molar-refractivity contribution in [3.05, 3.63) is 75.9 Å². The number of hydrogen-bond donors (Lipinski definition) is 1. The first kappa shape index (κ1) is 31.3. The lowest BCUT2D eigenvalue weighted by Gasteiger charge is -2.20. The van der Waals surface area contributed by atoms with Crippen LogP contribution in [0.1, 0.15) is 73.6 Å². The van der Waals surface area contributed by atoms with Crippen LogP contribution in [-0.2, 0) is 21.5 Å². The number of nitrogens with zero attached hydrogens (tertiary/aromatic N) is 3. The minimum Gasteiger partial charge on any atom is -0.483 e. The van der Waals surface area contributed by atoms with Crippen LogP contribution in [0.5, 0.6) is 5.75 Å². The Hall–Kier alpha value is -3.63. The maximum absolute atomic E-state index is 13.0. The summed E-state index contributed by atoms with van der Waals surface area (Å²) in [6, 6.07) is 14.2. The van der Waals surface area contributed by atoms with Crippen molar-refractivity contribution in [1.29, 1.82) is 0 Å². The number of benzene rings is 2. The average molecular weight is 607 g/mol. The van der Waals surface area contributed by atoms with Gasteiger partial charge in [0.2, 0.25) is 5.91 Å². The van der Waals surface area contributed by atoms with Crippen molar-refractivity contribution in [3.63, 3.8) is 0 Å². The number of anilines is 1. The van der Waals surface area contributed by atoms with E-state index in [2.05, 4.69) is 48.4 Å². The van der Waals surface area contributed by atoms with E-state index in [1.165, 1.54) is 35.8 Å². The molecule has 10 heteroatoms. The van der Waals surface area contributed by atoms with Gasteiger partial charge in [0, 0.05) is 17.5 Å². The zero-order valence-electron chi connectivity index (χ0n) is 25.4. The second-order valence-corrected chi connectivity index (χ2v) is 12.9. The van der Waals surface area contributed by atoms with Gasteiger partial charge in [-0.05, 0) is 61.9 Å². The highest BCUT2D eigenvalue weighted by molar-refractivity contribution is 7.99. The van der Waals surface area contributed by atoms with E-state index in [0.29, 0.717) is 28.1 Å². The number of esters is 1. The number of amides is 1. The van der Waals surface area contributed by atoms with Crippen LogP contribution in [0.25, 0.3) is 11.1 Å². The predicted molar refractivity (Wildman–Crippen MR) is 170 cm³/mol. The Balaban J connectivity index is 1.45. The lowest BCUT2D eigenvalue weighted by molar-refractivity contribution is -0.113. The van der Waals surface area contributed by atoms with Crippen molar-refractivity contribution in [3.8, 4) is 16.9 Å². The fraction of sp³-hybridized carbons (Fsp3) is 0.375. The molecule has 4 rings (SSSR count). The smallest absolute Gasteiger partial charge is 0.341 e. The van der Waals surface area contributed by atoms with Gasteiger partial charge in [0.1, 0.15) is 16.3 Å². The molecule has 0 aliphatic heterocycles. The minimum atomic E-state index is -0.493. The molecule has 0 aliphatic rings. The van der Waals surface area contributed by atoms with Crippen molar-refractivity contribution in [2.75, 3.05) is 18.2 Å². The molecule has 1 N–H and O–H groups in total. The molecule has 0 saturated heterocycles. The van der Waals surface area contributed by atoms with Gasteiger partial charge in [-0.15, -0.1) is 21.5 Å². The van der Waals surface area contributed by atoms with Crippen LogP contribution in [0.2, 0.25) is 0 Å². The summed E-state index contributed by atoms with van der Waals surface area (Å²) >= 11 is 2.59. The number of carbonyl (C=O) groups is 2. The molecule has 8 nitrogen and oxygen atoms in total. The first-order valence-corrected chi connectivity index (χ1v) is 15.7. The normalized spacial score (nSPS) is 12.2. The second kappa shape index (κ2) is 13.1. The molecule has 2 heterocycles. The van der Waals surface area contributed by atoms with E-state index in [-0.39, 0.29) is 23.2 Å². The summed E-state index contributed by atoms with van der Waals surface area (Å²) in [6.07, 6.45) is -0.335. The summed E-state index contributed by atoms with van der Waals surface area (Å²) in [7, 11) is 1.34. The van der Waals surface area contributed by atoms with Crippen LogP contribution in [-0.4, -0.2) is 39.5 Å². The van der Waals surface area contributed by atoms with E-state index >= 15 is 0 Å². The molecule has 1 atom stereocenters. The fourth-order valence-corrected chi connectivity index (χ4v) is 6.34. The standard InChI is InChI=1S/C32H38N4O4S2/c1-9-36-28(21(4)40-23-14-12-22(13-15-23)32(5,6)7)34-35-31(36)42-18-26(37)33-29-27(30(38)39-8)25(17-41-29)24-16-19(2)10-11-20(24)3/h10-17,21H,9,18H2,1-8H3,(H,33,37). The fourth-order valence-electron chi connectivity index (χ4n) is 4.57. The Bertz CT molecular complexity index is 1570. The minimum absolute atomic E-state index is 0.0671. The van der Waals surface area contributed by atoms with Gasteiger partial charge in [-0.2, -0.15) is 0 Å². The molecule has 0 spiro atoms. The molecule has 0 aliphatic carbocycles. The molecule has 0 saturated carbocycles. The summed E-state index contributed by atoms with van der Waals surface area (Å²) < 4.78 is 13.2. The van der Waals surface area contributed by atoms with E-state index in [1.54, 1.807) is 0 Å². The highest BCUT2D eigenvalue weighted by Gasteiger charge is 2.24. The molecule has 0 bridgehead atoms. The molecule has 222 valence electrons. The van der Waals surface area contributed by atoms with Crippen LogP contribution in [0.4, 0.5) is 5.00 Å². The predicted octanol–water partition coefficient (Wildman–Crippen LogP) is 7.60. The van der Waals surface area contributed by atoms with Gasteiger partial charge in [0.25, 0.3) is 0 Å².